The number of hydrogen-bond acceptors (Lipinski definition) is 4. The number of H-pyrrole nitrogens is 1. The Morgan fingerprint density at radius 1 is 1.12 bits per heavy atom. The second kappa shape index (κ2) is 8.11. The Balaban J connectivity index is 1.66. The molecule has 6 heteroatoms. The summed E-state index contributed by atoms with van der Waals surface area (Å²) in [5.41, 5.74) is 2.13. The van der Waals surface area contributed by atoms with Gasteiger partial charge < -0.3 is 15.0 Å². The first kappa shape index (κ1) is 17.4. The van der Waals surface area contributed by atoms with Crippen LogP contribution in [0.3, 0.4) is 0 Å². The van der Waals surface area contributed by atoms with Crippen molar-refractivity contribution in [2.75, 3.05) is 0 Å². The third-order valence-corrected chi connectivity index (χ3v) is 3.81. The van der Waals surface area contributed by atoms with Gasteiger partial charge in [-0.3, -0.25) is 9.59 Å². The van der Waals surface area contributed by atoms with E-state index >= 15 is 0 Å². The Labute approximate surface area is 150 Å². The standard InChI is InChI=1S/C20H19N3O3/c1-14-9-10-17(19(25)23-14)18(24)22-12-16-8-5-11-21-20(16)26-13-15-6-3-2-4-7-15/h2-11H,12-13H2,1H3,(H,22,24)(H,23,25). The summed E-state index contributed by atoms with van der Waals surface area (Å²) >= 11 is 0. The van der Waals surface area contributed by atoms with Gasteiger partial charge in [-0.25, -0.2) is 4.98 Å². The van der Waals surface area contributed by atoms with Crippen molar-refractivity contribution in [1.82, 2.24) is 15.3 Å². The van der Waals surface area contributed by atoms with E-state index in [2.05, 4.69) is 15.3 Å². The van der Waals surface area contributed by atoms with E-state index in [-0.39, 0.29) is 12.1 Å². The molecule has 1 aromatic carbocycles. The fraction of sp³-hybridized carbons (Fsp3) is 0.150. The van der Waals surface area contributed by atoms with Crippen LogP contribution in [-0.2, 0) is 13.2 Å². The van der Waals surface area contributed by atoms with Crippen LogP contribution >= 0.6 is 0 Å². The molecule has 0 aliphatic rings. The summed E-state index contributed by atoms with van der Waals surface area (Å²) < 4.78 is 5.77. The number of aromatic amines is 1. The van der Waals surface area contributed by atoms with Crippen LogP contribution in [0, 0.1) is 6.92 Å². The van der Waals surface area contributed by atoms with Crippen LogP contribution in [0.25, 0.3) is 0 Å². The molecule has 2 N–H and O–H groups in total. The van der Waals surface area contributed by atoms with Gasteiger partial charge >= 0.3 is 0 Å². The normalized spacial score (nSPS) is 10.3. The van der Waals surface area contributed by atoms with E-state index in [1.807, 2.05) is 36.4 Å². The number of hydrogen-bond donors (Lipinski definition) is 2. The first-order valence-electron chi connectivity index (χ1n) is 8.22. The molecule has 0 atom stereocenters. The highest BCUT2D eigenvalue weighted by Crippen LogP contribution is 2.16. The predicted molar refractivity (Wildman–Crippen MR) is 98.0 cm³/mol. The van der Waals surface area contributed by atoms with Gasteiger partial charge in [0.2, 0.25) is 5.88 Å². The second-order valence-corrected chi connectivity index (χ2v) is 5.81. The molecular formula is C20H19N3O3. The molecule has 0 unspecified atom stereocenters. The number of aromatic nitrogens is 2. The lowest BCUT2D eigenvalue weighted by molar-refractivity contribution is 0.0949. The summed E-state index contributed by atoms with van der Waals surface area (Å²) in [6.07, 6.45) is 1.64. The molecule has 0 fully saturated rings. The van der Waals surface area contributed by atoms with Crippen molar-refractivity contribution in [2.24, 2.45) is 0 Å². The van der Waals surface area contributed by atoms with Crippen LogP contribution < -0.4 is 15.6 Å². The molecule has 2 aromatic heterocycles. The SMILES string of the molecule is Cc1ccc(C(=O)NCc2cccnc2OCc2ccccc2)c(=O)[nH]1. The lowest BCUT2D eigenvalue weighted by atomic mass is 10.2. The Morgan fingerprint density at radius 2 is 1.92 bits per heavy atom. The summed E-state index contributed by atoms with van der Waals surface area (Å²) in [6.45, 7) is 2.36. The van der Waals surface area contributed by atoms with Gasteiger partial charge in [-0.05, 0) is 30.7 Å². The molecule has 0 saturated carbocycles. The number of nitrogens with zero attached hydrogens (tertiary/aromatic N) is 1. The van der Waals surface area contributed by atoms with Gasteiger partial charge in [0.05, 0.1) is 0 Å². The van der Waals surface area contributed by atoms with Crippen molar-refractivity contribution >= 4 is 5.91 Å². The molecule has 3 rings (SSSR count). The van der Waals surface area contributed by atoms with E-state index < -0.39 is 11.5 Å². The quantitative estimate of drug-likeness (QED) is 0.716. The number of amides is 1. The van der Waals surface area contributed by atoms with Crippen molar-refractivity contribution in [3.63, 3.8) is 0 Å². The summed E-state index contributed by atoms with van der Waals surface area (Å²) in [4.78, 5) is 31.0. The minimum atomic E-state index is -0.441. The molecule has 0 aliphatic carbocycles. The summed E-state index contributed by atoms with van der Waals surface area (Å²) in [6, 6.07) is 16.6. The van der Waals surface area contributed by atoms with Crippen molar-refractivity contribution in [3.05, 3.63) is 93.5 Å². The average molecular weight is 349 g/mol. The van der Waals surface area contributed by atoms with Crippen LogP contribution in [0.15, 0.2) is 65.6 Å². The fourth-order valence-electron chi connectivity index (χ4n) is 2.44. The highest BCUT2D eigenvalue weighted by molar-refractivity contribution is 5.93. The lowest BCUT2D eigenvalue weighted by Gasteiger charge is -2.11. The summed E-state index contributed by atoms with van der Waals surface area (Å²) in [5.74, 6) is 0.0126. The Bertz CT molecular complexity index is 952. The van der Waals surface area contributed by atoms with Gasteiger partial charge in [-0.2, -0.15) is 0 Å². The minimum Gasteiger partial charge on any atom is -0.473 e. The number of nitrogens with one attached hydrogen (secondary N) is 2. The maximum absolute atomic E-state index is 12.2. The lowest BCUT2D eigenvalue weighted by Crippen LogP contribution is -2.29. The number of ether oxygens (including phenoxy) is 1. The van der Waals surface area contributed by atoms with E-state index in [4.69, 9.17) is 4.74 Å². The molecule has 132 valence electrons. The van der Waals surface area contributed by atoms with Crippen molar-refractivity contribution < 1.29 is 9.53 Å². The number of pyridine rings is 2. The van der Waals surface area contributed by atoms with Crippen LogP contribution in [-0.4, -0.2) is 15.9 Å². The van der Waals surface area contributed by atoms with Gasteiger partial charge in [-0.1, -0.05) is 36.4 Å². The number of carbonyl (C=O) groups is 1. The smallest absolute Gasteiger partial charge is 0.260 e. The Morgan fingerprint density at radius 3 is 2.69 bits per heavy atom. The van der Waals surface area contributed by atoms with Gasteiger partial charge in [0, 0.05) is 24.0 Å². The highest BCUT2D eigenvalue weighted by atomic mass is 16.5. The fourth-order valence-corrected chi connectivity index (χ4v) is 2.44. The van der Waals surface area contributed by atoms with Crippen molar-refractivity contribution in [3.8, 4) is 5.88 Å². The van der Waals surface area contributed by atoms with Crippen LogP contribution in [0.4, 0.5) is 0 Å². The maximum Gasteiger partial charge on any atom is 0.260 e. The molecule has 0 saturated heterocycles. The van der Waals surface area contributed by atoms with Gasteiger partial charge in [0.25, 0.3) is 11.5 Å². The molecule has 0 bridgehead atoms. The predicted octanol–water partition coefficient (Wildman–Crippen LogP) is 2.59. The van der Waals surface area contributed by atoms with Gasteiger partial charge in [0.1, 0.15) is 12.2 Å². The summed E-state index contributed by atoms with van der Waals surface area (Å²) in [5, 5.41) is 2.74. The van der Waals surface area contributed by atoms with E-state index in [1.165, 1.54) is 6.07 Å². The third kappa shape index (κ3) is 4.36. The van der Waals surface area contributed by atoms with Crippen LogP contribution in [0.1, 0.15) is 27.2 Å². The first-order valence-corrected chi connectivity index (χ1v) is 8.22. The highest BCUT2D eigenvalue weighted by Gasteiger charge is 2.12. The number of benzene rings is 1. The zero-order valence-electron chi connectivity index (χ0n) is 14.4. The molecule has 0 radical (unpaired) electrons. The molecular weight excluding hydrogens is 330 g/mol. The van der Waals surface area contributed by atoms with Crippen molar-refractivity contribution in [1.29, 1.82) is 0 Å². The number of rotatable bonds is 6. The first-order chi connectivity index (χ1) is 12.6. The van der Waals surface area contributed by atoms with Crippen LogP contribution in [0.2, 0.25) is 0 Å². The monoisotopic (exact) mass is 349 g/mol. The maximum atomic E-state index is 12.2. The molecule has 2 heterocycles. The zero-order valence-corrected chi connectivity index (χ0v) is 14.4. The largest absolute Gasteiger partial charge is 0.473 e. The second-order valence-electron chi connectivity index (χ2n) is 5.81. The average Bonchev–Trinajstić information content (AvgIpc) is 2.66. The molecule has 0 aliphatic heterocycles. The van der Waals surface area contributed by atoms with E-state index in [9.17, 15) is 9.59 Å². The molecule has 1 amide bonds. The van der Waals surface area contributed by atoms with E-state index in [0.717, 1.165) is 11.1 Å². The molecule has 26 heavy (non-hydrogen) atoms. The Hall–Kier alpha value is -3.41. The van der Waals surface area contributed by atoms with Gasteiger partial charge in [-0.15, -0.1) is 0 Å². The topological polar surface area (TPSA) is 84.1 Å². The number of aryl methyl sites for hydroxylation is 1. The van der Waals surface area contributed by atoms with Gasteiger partial charge in [0.15, 0.2) is 0 Å². The molecule has 6 nitrogen and oxygen atoms in total. The molecule has 3 aromatic rings. The third-order valence-electron chi connectivity index (χ3n) is 3.81. The van der Waals surface area contributed by atoms with Crippen LogP contribution in [0.5, 0.6) is 5.88 Å². The van der Waals surface area contributed by atoms with E-state index in [0.29, 0.717) is 18.2 Å². The number of carbonyl (C=O) groups excluding carboxylic acids is 1. The Kier molecular flexibility index (Phi) is 5.43. The zero-order chi connectivity index (χ0) is 18.4. The van der Waals surface area contributed by atoms with Crippen molar-refractivity contribution in [2.45, 2.75) is 20.1 Å². The molecule has 0 spiro atoms. The van der Waals surface area contributed by atoms with E-state index in [1.54, 1.807) is 25.3 Å². The summed E-state index contributed by atoms with van der Waals surface area (Å²) in [7, 11) is 0. The minimum absolute atomic E-state index is 0.0752.